The van der Waals surface area contributed by atoms with Gasteiger partial charge in [0.25, 0.3) is 0 Å². The number of carbonyl (C=O) groups excluding carboxylic acids is 1. The average Bonchev–Trinajstić information content (AvgIpc) is 3.38. The standard InChI is InChI=1S/C40H38N4O6/c1-3-49-21-33-34(22-50-4-2)44-32-18-16-26(24-10-6-12-30(43-33)36(24)32)38-39(47)37(40(38)48)25-15-17-31-35-23(25)9-5-11-29(35)41-27(13-7-19-45)28(42-31)14-8-20-46/h5-6,9-12,15-18,27-28,33-34,41,43-47H,3-4,13-14,21-22H2,1-2H3/b37-25-. The Bertz CT molecular complexity index is 2270. The van der Waals surface area contributed by atoms with E-state index in [9.17, 15) is 9.90 Å². The predicted molar refractivity (Wildman–Crippen MR) is 194 cm³/mol. The van der Waals surface area contributed by atoms with Crippen LogP contribution in [0.15, 0.2) is 71.4 Å². The number of nitrogens with zero attached hydrogens (tertiary/aromatic N) is 1. The van der Waals surface area contributed by atoms with E-state index in [1.165, 1.54) is 0 Å². The number of ether oxygens (including phenoxy) is 2. The number of hydrogen-bond acceptors (Lipinski definition) is 10. The van der Waals surface area contributed by atoms with Crippen molar-refractivity contribution in [1.29, 1.82) is 0 Å². The van der Waals surface area contributed by atoms with E-state index in [-0.39, 0.29) is 53.3 Å². The van der Waals surface area contributed by atoms with Crippen molar-refractivity contribution in [3.63, 3.8) is 0 Å². The summed E-state index contributed by atoms with van der Waals surface area (Å²) >= 11 is 0. The molecule has 0 fully saturated rings. The van der Waals surface area contributed by atoms with Crippen LogP contribution in [0.2, 0.25) is 0 Å². The van der Waals surface area contributed by atoms with Crippen LogP contribution in [-0.4, -0.2) is 71.7 Å². The van der Waals surface area contributed by atoms with Crippen LogP contribution < -0.4 is 26.5 Å². The number of hydrogen-bond donors (Lipinski definition) is 6. The van der Waals surface area contributed by atoms with Gasteiger partial charge in [-0.3, -0.25) is 9.79 Å². The molecule has 50 heavy (non-hydrogen) atoms. The first kappa shape index (κ1) is 32.8. The van der Waals surface area contributed by atoms with Crippen LogP contribution in [0.1, 0.15) is 32.3 Å². The van der Waals surface area contributed by atoms with Gasteiger partial charge in [0.2, 0.25) is 5.78 Å². The molecule has 6 N–H and O–H groups in total. The number of ketones is 1. The third-order valence-corrected chi connectivity index (χ3v) is 9.60. The molecule has 0 radical (unpaired) electrons. The summed E-state index contributed by atoms with van der Waals surface area (Å²) in [5, 5.41) is 45.5. The first-order chi connectivity index (χ1) is 24.5. The minimum atomic E-state index is -0.361. The number of aliphatic hydroxyl groups is 3. The Morgan fingerprint density at radius 1 is 0.720 bits per heavy atom. The predicted octanol–water partition coefficient (Wildman–Crippen LogP) is 4.57. The Hall–Kier alpha value is -5.68. The van der Waals surface area contributed by atoms with Crippen molar-refractivity contribution in [3.8, 4) is 24.1 Å². The minimum Gasteiger partial charge on any atom is -0.506 e. The Balaban J connectivity index is 1.35. The van der Waals surface area contributed by atoms with Gasteiger partial charge in [0.1, 0.15) is 18.0 Å². The molecule has 3 aliphatic rings. The van der Waals surface area contributed by atoms with E-state index in [1.807, 2.05) is 86.7 Å². The molecule has 0 spiro atoms. The molecule has 0 bridgehead atoms. The molecule has 0 aromatic heterocycles. The van der Waals surface area contributed by atoms with Crippen LogP contribution in [0, 0.1) is 24.1 Å². The van der Waals surface area contributed by atoms with Crippen LogP contribution in [-0.2, 0) is 14.3 Å². The Labute approximate surface area is 289 Å². The van der Waals surface area contributed by atoms with Gasteiger partial charge < -0.3 is 40.7 Å². The van der Waals surface area contributed by atoms with Gasteiger partial charge >= 0.3 is 0 Å². The van der Waals surface area contributed by atoms with Gasteiger partial charge in [0, 0.05) is 53.9 Å². The second-order valence-electron chi connectivity index (χ2n) is 12.4. The zero-order chi connectivity index (χ0) is 34.8. The first-order valence-corrected chi connectivity index (χ1v) is 16.9. The summed E-state index contributed by atoms with van der Waals surface area (Å²) < 4.78 is 11.6. The lowest BCUT2D eigenvalue weighted by Gasteiger charge is -2.27. The first-order valence-electron chi connectivity index (χ1n) is 16.9. The monoisotopic (exact) mass is 670 g/mol. The van der Waals surface area contributed by atoms with Crippen LogP contribution in [0.25, 0.3) is 32.7 Å². The number of carbonyl (C=O) groups is 1. The summed E-state index contributed by atoms with van der Waals surface area (Å²) in [4.78, 5) is 19.1. The normalized spacial score (nSPS) is 21.6. The van der Waals surface area contributed by atoms with Gasteiger partial charge in [0.05, 0.1) is 53.9 Å². The van der Waals surface area contributed by atoms with Crippen molar-refractivity contribution in [3.05, 3.63) is 82.6 Å². The fraction of sp³-hybridized carbons (Fsp3) is 0.300. The van der Waals surface area contributed by atoms with E-state index in [2.05, 4.69) is 27.8 Å². The molecule has 0 saturated heterocycles. The molecule has 4 aromatic carbocycles. The Kier molecular flexibility index (Phi) is 9.23. The maximum atomic E-state index is 14.1. The van der Waals surface area contributed by atoms with E-state index in [0.717, 1.165) is 38.6 Å². The van der Waals surface area contributed by atoms with Crippen molar-refractivity contribution in [2.75, 3.05) is 42.4 Å². The molecule has 4 unspecified atom stereocenters. The van der Waals surface area contributed by atoms with Crippen LogP contribution in [0.3, 0.4) is 0 Å². The van der Waals surface area contributed by atoms with Gasteiger partial charge in [0.15, 0.2) is 0 Å². The van der Waals surface area contributed by atoms with E-state index in [1.54, 1.807) is 0 Å². The van der Waals surface area contributed by atoms with Crippen LogP contribution in [0.4, 0.5) is 17.1 Å². The third-order valence-electron chi connectivity index (χ3n) is 9.60. The number of rotatable bonds is 9. The minimum absolute atomic E-state index is 0.0555. The number of aliphatic hydroxyl groups excluding tert-OH is 3. The Morgan fingerprint density at radius 2 is 1.34 bits per heavy atom. The fourth-order valence-electron chi connectivity index (χ4n) is 7.25. The molecule has 4 atom stereocenters. The Morgan fingerprint density at radius 3 is 2.00 bits per heavy atom. The SMILES string of the molecule is CCOCC1Nc2cccc3c(C4=C(O)/C(=c5\ccc6c7c(cccc57)NC(CC#CO)C(CC#CO)N=6)C4=O)ccc(c23)NC1COCC. The molecule has 2 aliphatic heterocycles. The molecular formula is C40H38N4O6. The van der Waals surface area contributed by atoms with E-state index in [0.29, 0.717) is 49.0 Å². The summed E-state index contributed by atoms with van der Waals surface area (Å²) in [7, 11) is 0. The molecule has 2 heterocycles. The van der Waals surface area contributed by atoms with Crippen molar-refractivity contribution < 1.29 is 29.6 Å². The molecule has 1 aliphatic carbocycles. The van der Waals surface area contributed by atoms with Gasteiger partial charge in [-0.2, -0.15) is 0 Å². The van der Waals surface area contributed by atoms with E-state index in [4.69, 9.17) is 24.7 Å². The molecule has 10 nitrogen and oxygen atoms in total. The summed E-state index contributed by atoms with van der Waals surface area (Å²) in [5.41, 5.74) is 3.79. The van der Waals surface area contributed by atoms with Gasteiger partial charge in [-0.05, 0) is 59.7 Å². The lowest BCUT2D eigenvalue weighted by Crippen LogP contribution is -2.44. The van der Waals surface area contributed by atoms with Crippen molar-refractivity contribution in [2.24, 2.45) is 4.99 Å². The zero-order valence-corrected chi connectivity index (χ0v) is 27.8. The molecule has 0 saturated carbocycles. The number of Topliss-reactive ketones (excluding diaryl/α,β-unsaturated/α-hetero) is 1. The second-order valence-corrected chi connectivity index (χ2v) is 12.4. The molecular weight excluding hydrogens is 632 g/mol. The van der Waals surface area contributed by atoms with Gasteiger partial charge in [-0.25, -0.2) is 0 Å². The average molecular weight is 671 g/mol. The van der Waals surface area contributed by atoms with Crippen molar-refractivity contribution >= 4 is 55.5 Å². The highest BCUT2D eigenvalue weighted by atomic mass is 16.5. The zero-order valence-electron chi connectivity index (χ0n) is 27.8. The fourth-order valence-corrected chi connectivity index (χ4v) is 7.25. The maximum Gasteiger partial charge on any atom is 0.201 e. The van der Waals surface area contributed by atoms with Crippen molar-refractivity contribution in [2.45, 2.75) is 50.9 Å². The molecule has 7 rings (SSSR count). The summed E-state index contributed by atoms with van der Waals surface area (Å²) in [5.74, 6) is 5.10. The van der Waals surface area contributed by atoms with Crippen LogP contribution >= 0.6 is 0 Å². The molecule has 10 heteroatoms. The highest BCUT2D eigenvalue weighted by Gasteiger charge is 2.37. The second kappa shape index (κ2) is 14.0. The molecule has 4 aromatic rings. The highest BCUT2D eigenvalue weighted by molar-refractivity contribution is 6.53. The molecule has 0 amide bonds. The van der Waals surface area contributed by atoms with E-state index < -0.39 is 0 Å². The number of nitrogens with one attached hydrogen (secondary N) is 3. The summed E-state index contributed by atoms with van der Waals surface area (Å²) in [6, 6.07) is 18.4. The van der Waals surface area contributed by atoms with Crippen LogP contribution in [0.5, 0.6) is 0 Å². The summed E-state index contributed by atoms with van der Waals surface area (Å²) in [6.45, 7) is 6.13. The smallest absolute Gasteiger partial charge is 0.201 e. The number of benzene rings is 4. The lowest BCUT2D eigenvalue weighted by molar-refractivity contribution is -0.109. The van der Waals surface area contributed by atoms with Gasteiger partial charge in [-0.15, -0.1) is 0 Å². The van der Waals surface area contributed by atoms with E-state index >= 15 is 0 Å². The third kappa shape index (κ3) is 5.73. The maximum absolute atomic E-state index is 14.1. The highest BCUT2D eigenvalue weighted by Crippen LogP contribution is 2.44. The van der Waals surface area contributed by atoms with Gasteiger partial charge in [-0.1, -0.05) is 48.2 Å². The largest absolute Gasteiger partial charge is 0.506 e. The number of anilines is 3. The topological polar surface area (TPSA) is 145 Å². The quantitative estimate of drug-likeness (QED) is 0.141. The summed E-state index contributed by atoms with van der Waals surface area (Å²) in [6.07, 6.45) is 4.50. The van der Waals surface area contributed by atoms with Crippen molar-refractivity contribution in [1.82, 2.24) is 0 Å². The number of allylic oxidation sites excluding steroid dienone is 2. The lowest BCUT2D eigenvalue weighted by atomic mass is 9.79. The molecule has 254 valence electrons.